The summed E-state index contributed by atoms with van der Waals surface area (Å²) >= 11 is 1.33. The molecule has 2 rings (SSSR count). The topological polar surface area (TPSA) is 64.1 Å². The van der Waals surface area contributed by atoms with Crippen LogP contribution >= 0.6 is 11.5 Å². The summed E-state index contributed by atoms with van der Waals surface area (Å²) in [5.41, 5.74) is 3.58. The molecule has 0 aliphatic heterocycles. The number of nitrogens with one attached hydrogen (secondary N) is 1. The first kappa shape index (κ1) is 13.6. The first-order valence-electron chi connectivity index (χ1n) is 5.81. The Balaban J connectivity index is 1.88. The fourth-order valence-corrected chi connectivity index (χ4v) is 2.15. The minimum absolute atomic E-state index is 0.198. The molecule has 1 amide bonds. The summed E-state index contributed by atoms with van der Waals surface area (Å²) in [7, 11) is 0. The lowest BCUT2D eigenvalue weighted by atomic mass is 9.86. The first-order chi connectivity index (χ1) is 9.10. The van der Waals surface area contributed by atoms with Crippen molar-refractivity contribution in [1.29, 1.82) is 0 Å². The Bertz CT molecular complexity index is 526. The highest BCUT2D eigenvalue weighted by Crippen LogP contribution is 2.24. The van der Waals surface area contributed by atoms with Gasteiger partial charge >= 0.3 is 0 Å². The van der Waals surface area contributed by atoms with E-state index in [9.17, 15) is 4.79 Å². The van der Waals surface area contributed by atoms with E-state index < -0.39 is 5.41 Å². The van der Waals surface area contributed by atoms with Gasteiger partial charge in [0, 0.05) is 24.0 Å². The third kappa shape index (κ3) is 3.36. The Labute approximate surface area is 115 Å². The Morgan fingerprint density at radius 1 is 1.47 bits per heavy atom. The van der Waals surface area contributed by atoms with Crippen molar-refractivity contribution in [2.75, 3.05) is 0 Å². The molecule has 2 aromatic heterocycles. The Morgan fingerprint density at radius 3 is 2.95 bits per heavy atom. The molecule has 2 heterocycles. The van der Waals surface area contributed by atoms with Crippen molar-refractivity contribution in [1.82, 2.24) is 14.8 Å². The summed E-state index contributed by atoms with van der Waals surface area (Å²) in [6.07, 6.45) is 5.08. The van der Waals surface area contributed by atoms with E-state index in [0.717, 1.165) is 11.1 Å². The van der Waals surface area contributed by atoms with Gasteiger partial charge in [-0.05, 0) is 42.6 Å². The number of hydroxylamine groups is 1. The van der Waals surface area contributed by atoms with Gasteiger partial charge in [-0.3, -0.25) is 14.6 Å². The average Bonchev–Trinajstić information content (AvgIpc) is 2.94. The Morgan fingerprint density at radius 2 is 2.32 bits per heavy atom. The van der Waals surface area contributed by atoms with Crippen LogP contribution in [-0.2, 0) is 21.7 Å². The third-order valence-corrected chi connectivity index (χ3v) is 3.43. The molecule has 0 aliphatic rings. The van der Waals surface area contributed by atoms with Crippen LogP contribution in [0.3, 0.4) is 0 Å². The van der Waals surface area contributed by atoms with Crippen LogP contribution in [0.2, 0.25) is 0 Å². The van der Waals surface area contributed by atoms with Gasteiger partial charge in [0.25, 0.3) is 5.91 Å². The molecule has 0 saturated heterocycles. The zero-order valence-corrected chi connectivity index (χ0v) is 11.6. The van der Waals surface area contributed by atoms with Crippen LogP contribution in [0.15, 0.2) is 36.1 Å². The molecule has 0 bridgehead atoms. The maximum Gasteiger partial charge on any atom is 0.253 e. The van der Waals surface area contributed by atoms with E-state index in [-0.39, 0.29) is 12.5 Å². The van der Waals surface area contributed by atoms with Gasteiger partial charge in [0.2, 0.25) is 0 Å². The van der Waals surface area contributed by atoms with E-state index in [1.165, 1.54) is 11.5 Å². The molecule has 5 nitrogen and oxygen atoms in total. The van der Waals surface area contributed by atoms with Gasteiger partial charge in [-0.25, -0.2) is 9.85 Å². The van der Waals surface area contributed by atoms with Crippen LogP contribution in [0.5, 0.6) is 0 Å². The summed E-state index contributed by atoms with van der Waals surface area (Å²) in [6, 6.07) is 3.70. The van der Waals surface area contributed by atoms with Gasteiger partial charge in [0.05, 0.1) is 5.41 Å². The average molecular weight is 277 g/mol. The second kappa shape index (κ2) is 5.90. The maximum absolute atomic E-state index is 12.1. The molecule has 0 aromatic carbocycles. The number of carbonyl (C=O) groups is 1. The van der Waals surface area contributed by atoms with E-state index in [0.29, 0.717) is 0 Å². The fourth-order valence-electron chi connectivity index (χ4n) is 1.44. The lowest BCUT2D eigenvalue weighted by Crippen LogP contribution is -2.39. The van der Waals surface area contributed by atoms with Crippen molar-refractivity contribution in [2.24, 2.45) is 0 Å². The van der Waals surface area contributed by atoms with Crippen molar-refractivity contribution >= 4 is 17.4 Å². The predicted octanol–water partition coefficient (Wildman–Crippen LogP) is 2.06. The molecule has 0 unspecified atom stereocenters. The van der Waals surface area contributed by atoms with E-state index in [4.69, 9.17) is 4.84 Å². The minimum Gasteiger partial charge on any atom is -0.272 e. The number of pyridine rings is 1. The van der Waals surface area contributed by atoms with Crippen LogP contribution in [-0.4, -0.2) is 15.3 Å². The second-order valence-electron chi connectivity index (χ2n) is 4.62. The van der Waals surface area contributed by atoms with Gasteiger partial charge in [-0.2, -0.15) is 0 Å². The number of amides is 1. The van der Waals surface area contributed by atoms with Crippen LogP contribution in [0.1, 0.15) is 25.0 Å². The van der Waals surface area contributed by atoms with Gasteiger partial charge < -0.3 is 0 Å². The van der Waals surface area contributed by atoms with E-state index >= 15 is 0 Å². The third-order valence-electron chi connectivity index (χ3n) is 2.85. The molecule has 0 spiro atoms. The highest BCUT2D eigenvalue weighted by atomic mass is 32.1. The molecule has 19 heavy (non-hydrogen) atoms. The monoisotopic (exact) mass is 277 g/mol. The largest absolute Gasteiger partial charge is 0.272 e. The summed E-state index contributed by atoms with van der Waals surface area (Å²) in [6.45, 7) is 3.95. The number of hydrogen-bond acceptors (Lipinski definition) is 5. The normalized spacial score (nSPS) is 11.3. The molecule has 0 saturated carbocycles. The molecule has 1 N–H and O–H groups in total. The summed E-state index contributed by atoms with van der Waals surface area (Å²) in [5, 5.41) is 1.86. The highest BCUT2D eigenvalue weighted by Gasteiger charge is 2.30. The van der Waals surface area contributed by atoms with E-state index in [1.807, 2.05) is 31.4 Å². The molecule has 0 aliphatic carbocycles. The van der Waals surface area contributed by atoms with Crippen molar-refractivity contribution in [2.45, 2.75) is 25.9 Å². The van der Waals surface area contributed by atoms with Crippen LogP contribution in [0.4, 0.5) is 0 Å². The van der Waals surface area contributed by atoms with Crippen LogP contribution < -0.4 is 5.48 Å². The summed E-state index contributed by atoms with van der Waals surface area (Å²) < 4.78 is 4.01. The Kier molecular flexibility index (Phi) is 4.24. The zero-order chi connectivity index (χ0) is 13.7. The Hall–Kier alpha value is -1.79. The van der Waals surface area contributed by atoms with Gasteiger partial charge in [-0.1, -0.05) is 6.07 Å². The van der Waals surface area contributed by atoms with Crippen molar-refractivity contribution in [3.63, 3.8) is 0 Å². The number of nitrogens with zero attached hydrogens (tertiary/aromatic N) is 2. The second-order valence-corrected chi connectivity index (χ2v) is 5.28. The zero-order valence-electron chi connectivity index (χ0n) is 10.8. The highest BCUT2D eigenvalue weighted by molar-refractivity contribution is 7.03. The van der Waals surface area contributed by atoms with Crippen molar-refractivity contribution in [3.8, 4) is 0 Å². The van der Waals surface area contributed by atoms with Crippen molar-refractivity contribution < 1.29 is 9.63 Å². The van der Waals surface area contributed by atoms with Gasteiger partial charge in [-0.15, -0.1) is 0 Å². The van der Waals surface area contributed by atoms with E-state index in [1.54, 1.807) is 18.6 Å². The SMILES string of the molecule is CC(C)(C(=O)NOCc1cccnc1)c1cnsc1. The molecule has 100 valence electrons. The molecule has 6 heteroatoms. The van der Waals surface area contributed by atoms with Gasteiger partial charge in [0.1, 0.15) is 6.61 Å². The molecule has 0 radical (unpaired) electrons. The lowest BCUT2D eigenvalue weighted by Gasteiger charge is -2.21. The molecule has 0 atom stereocenters. The smallest absolute Gasteiger partial charge is 0.253 e. The quantitative estimate of drug-likeness (QED) is 0.850. The van der Waals surface area contributed by atoms with E-state index in [2.05, 4.69) is 14.8 Å². The number of hydrogen-bond donors (Lipinski definition) is 1. The van der Waals surface area contributed by atoms with Crippen molar-refractivity contribution in [3.05, 3.63) is 47.2 Å². The summed E-state index contributed by atoms with van der Waals surface area (Å²) in [4.78, 5) is 21.3. The number of carbonyl (C=O) groups excluding carboxylic acids is 1. The van der Waals surface area contributed by atoms with Crippen LogP contribution in [0.25, 0.3) is 0 Å². The molecular formula is C13H15N3O2S. The standard InChI is InChI=1S/C13H15N3O2S/c1-13(2,11-7-15-19-9-11)12(17)16-18-8-10-4-3-5-14-6-10/h3-7,9H,8H2,1-2H3,(H,16,17). The van der Waals surface area contributed by atoms with Gasteiger partial charge in [0.15, 0.2) is 0 Å². The molecular weight excluding hydrogens is 262 g/mol. The molecule has 2 aromatic rings. The number of aromatic nitrogens is 2. The van der Waals surface area contributed by atoms with Crippen LogP contribution in [0, 0.1) is 0 Å². The fraction of sp³-hybridized carbons (Fsp3) is 0.308. The maximum atomic E-state index is 12.1. The predicted molar refractivity (Wildman–Crippen MR) is 72.3 cm³/mol. The lowest BCUT2D eigenvalue weighted by molar-refractivity contribution is -0.139. The summed E-state index contributed by atoms with van der Waals surface area (Å²) in [5.74, 6) is -0.198. The first-order valence-corrected chi connectivity index (χ1v) is 6.65. The molecule has 0 fully saturated rings. The minimum atomic E-state index is -0.665. The number of rotatable bonds is 5.